The van der Waals surface area contributed by atoms with E-state index in [1.165, 1.54) is 30.2 Å². The van der Waals surface area contributed by atoms with Crippen LogP contribution in [0.5, 0.6) is 0 Å². The molecule has 1 aromatic carbocycles. The van der Waals surface area contributed by atoms with E-state index >= 15 is 0 Å². The standard InChI is InChI=1S/C15H23NO2S/c1-12-4-6-13(7-5-12)14-10-15(11-14)16-8-3-9-19(2,17)18/h4-7,14-16H,3,8-11H2,1-2H3. The molecule has 1 aliphatic carbocycles. The van der Waals surface area contributed by atoms with Crippen LogP contribution in [0.3, 0.4) is 0 Å². The summed E-state index contributed by atoms with van der Waals surface area (Å²) >= 11 is 0. The fourth-order valence-corrected chi connectivity index (χ4v) is 3.20. The van der Waals surface area contributed by atoms with Crippen LogP contribution in [0.1, 0.15) is 36.3 Å². The quantitative estimate of drug-likeness (QED) is 0.814. The van der Waals surface area contributed by atoms with Crippen LogP contribution in [0.25, 0.3) is 0 Å². The lowest BCUT2D eigenvalue weighted by Gasteiger charge is -2.36. The van der Waals surface area contributed by atoms with E-state index in [-0.39, 0.29) is 5.75 Å². The fourth-order valence-electron chi connectivity index (χ4n) is 2.54. The Hall–Kier alpha value is -0.870. The molecule has 2 rings (SSSR count). The SMILES string of the molecule is Cc1ccc(C2CC(NCCCS(C)(=O)=O)C2)cc1. The van der Waals surface area contributed by atoms with Crippen molar-refractivity contribution < 1.29 is 8.42 Å². The van der Waals surface area contributed by atoms with Crippen LogP contribution in [-0.2, 0) is 9.84 Å². The van der Waals surface area contributed by atoms with Gasteiger partial charge in [0.15, 0.2) is 0 Å². The first kappa shape index (κ1) is 14.5. The summed E-state index contributed by atoms with van der Waals surface area (Å²) in [6.45, 7) is 2.91. The van der Waals surface area contributed by atoms with Crippen molar-refractivity contribution in [1.82, 2.24) is 5.32 Å². The van der Waals surface area contributed by atoms with Gasteiger partial charge in [0.1, 0.15) is 9.84 Å². The molecule has 0 unspecified atom stereocenters. The Labute approximate surface area is 116 Å². The van der Waals surface area contributed by atoms with E-state index in [2.05, 4.69) is 36.5 Å². The molecule has 19 heavy (non-hydrogen) atoms. The maximum absolute atomic E-state index is 11.0. The van der Waals surface area contributed by atoms with E-state index in [1.807, 2.05) is 0 Å². The van der Waals surface area contributed by atoms with E-state index in [4.69, 9.17) is 0 Å². The van der Waals surface area contributed by atoms with Crippen molar-refractivity contribution in [3.63, 3.8) is 0 Å². The second-order valence-corrected chi connectivity index (χ2v) is 7.97. The first-order valence-corrected chi connectivity index (χ1v) is 8.98. The molecule has 1 N–H and O–H groups in total. The van der Waals surface area contributed by atoms with Gasteiger partial charge in [0.05, 0.1) is 5.75 Å². The Bertz CT molecular complexity index is 501. The highest BCUT2D eigenvalue weighted by molar-refractivity contribution is 7.90. The number of sulfone groups is 1. The summed E-state index contributed by atoms with van der Waals surface area (Å²) in [7, 11) is -2.81. The lowest BCUT2D eigenvalue weighted by Crippen LogP contribution is -2.40. The first-order valence-electron chi connectivity index (χ1n) is 6.92. The highest BCUT2D eigenvalue weighted by Crippen LogP contribution is 2.36. The second-order valence-electron chi connectivity index (χ2n) is 5.71. The van der Waals surface area contributed by atoms with Crippen molar-refractivity contribution in [3.05, 3.63) is 35.4 Å². The molecular weight excluding hydrogens is 258 g/mol. The van der Waals surface area contributed by atoms with Crippen LogP contribution < -0.4 is 5.32 Å². The van der Waals surface area contributed by atoms with E-state index in [9.17, 15) is 8.42 Å². The molecule has 0 radical (unpaired) electrons. The maximum atomic E-state index is 11.0. The van der Waals surface area contributed by atoms with Gasteiger partial charge in [-0.2, -0.15) is 0 Å². The number of benzene rings is 1. The van der Waals surface area contributed by atoms with Gasteiger partial charge in [0, 0.05) is 12.3 Å². The van der Waals surface area contributed by atoms with E-state index in [1.54, 1.807) is 0 Å². The predicted molar refractivity (Wildman–Crippen MR) is 79.3 cm³/mol. The summed E-state index contributed by atoms with van der Waals surface area (Å²) in [5, 5.41) is 3.44. The van der Waals surface area contributed by atoms with Crippen molar-refractivity contribution in [2.45, 2.75) is 38.1 Å². The molecule has 0 aromatic heterocycles. The predicted octanol–water partition coefficient (Wildman–Crippen LogP) is 2.27. The minimum absolute atomic E-state index is 0.286. The molecule has 106 valence electrons. The molecule has 0 atom stereocenters. The van der Waals surface area contributed by atoms with Crippen molar-refractivity contribution in [3.8, 4) is 0 Å². The molecule has 3 nitrogen and oxygen atoms in total. The molecular formula is C15H23NO2S. The molecule has 0 heterocycles. The molecule has 0 saturated heterocycles. The lowest BCUT2D eigenvalue weighted by atomic mass is 9.76. The molecule has 1 aromatic rings. The van der Waals surface area contributed by atoms with Crippen molar-refractivity contribution in [2.75, 3.05) is 18.6 Å². The van der Waals surface area contributed by atoms with Crippen LogP contribution in [0.15, 0.2) is 24.3 Å². The molecule has 0 amide bonds. The van der Waals surface area contributed by atoms with Gasteiger partial charge >= 0.3 is 0 Å². The Kier molecular flexibility index (Phi) is 4.63. The molecule has 0 bridgehead atoms. The van der Waals surface area contributed by atoms with Crippen LogP contribution in [0.2, 0.25) is 0 Å². The molecule has 1 saturated carbocycles. The van der Waals surface area contributed by atoms with Crippen LogP contribution >= 0.6 is 0 Å². The highest BCUT2D eigenvalue weighted by Gasteiger charge is 2.29. The number of hydrogen-bond acceptors (Lipinski definition) is 3. The van der Waals surface area contributed by atoms with Gasteiger partial charge in [-0.05, 0) is 44.2 Å². The minimum Gasteiger partial charge on any atom is -0.314 e. The highest BCUT2D eigenvalue weighted by atomic mass is 32.2. The average Bonchev–Trinajstić information content (AvgIpc) is 2.27. The van der Waals surface area contributed by atoms with E-state index in [0.29, 0.717) is 18.4 Å². The van der Waals surface area contributed by atoms with E-state index in [0.717, 1.165) is 6.54 Å². The third-order valence-electron chi connectivity index (χ3n) is 3.81. The third kappa shape index (κ3) is 4.62. The Morgan fingerprint density at radius 2 is 1.84 bits per heavy atom. The summed E-state index contributed by atoms with van der Waals surface area (Å²) in [4.78, 5) is 0. The zero-order chi connectivity index (χ0) is 13.9. The molecule has 1 fully saturated rings. The minimum atomic E-state index is -2.81. The first-order chi connectivity index (χ1) is 8.94. The van der Waals surface area contributed by atoms with Crippen LogP contribution in [0, 0.1) is 6.92 Å². The van der Waals surface area contributed by atoms with Gasteiger partial charge in [-0.25, -0.2) is 8.42 Å². The van der Waals surface area contributed by atoms with Gasteiger partial charge in [0.25, 0.3) is 0 Å². The third-order valence-corrected chi connectivity index (χ3v) is 4.84. The number of rotatable bonds is 6. The molecule has 1 aliphatic rings. The van der Waals surface area contributed by atoms with Gasteiger partial charge < -0.3 is 5.32 Å². The smallest absolute Gasteiger partial charge is 0.147 e. The second kappa shape index (κ2) is 6.06. The Balaban J connectivity index is 1.65. The number of hydrogen-bond donors (Lipinski definition) is 1. The number of aryl methyl sites for hydroxylation is 1. The zero-order valence-electron chi connectivity index (χ0n) is 11.7. The normalized spacial score (nSPS) is 23.1. The monoisotopic (exact) mass is 281 g/mol. The summed E-state index contributed by atoms with van der Waals surface area (Å²) in [5.41, 5.74) is 2.73. The summed E-state index contributed by atoms with van der Waals surface area (Å²) in [5.74, 6) is 0.960. The summed E-state index contributed by atoms with van der Waals surface area (Å²) in [6, 6.07) is 9.34. The van der Waals surface area contributed by atoms with Gasteiger partial charge in [0.2, 0.25) is 0 Å². The van der Waals surface area contributed by atoms with Crippen molar-refractivity contribution >= 4 is 9.84 Å². The van der Waals surface area contributed by atoms with Gasteiger partial charge in [-0.1, -0.05) is 29.8 Å². The lowest BCUT2D eigenvalue weighted by molar-refractivity contribution is 0.292. The van der Waals surface area contributed by atoms with Gasteiger partial charge in [-0.3, -0.25) is 0 Å². The van der Waals surface area contributed by atoms with Crippen molar-refractivity contribution in [2.24, 2.45) is 0 Å². The van der Waals surface area contributed by atoms with Crippen LogP contribution in [-0.4, -0.2) is 33.0 Å². The van der Waals surface area contributed by atoms with E-state index < -0.39 is 9.84 Å². The number of nitrogens with one attached hydrogen (secondary N) is 1. The van der Waals surface area contributed by atoms with Gasteiger partial charge in [-0.15, -0.1) is 0 Å². The summed E-state index contributed by atoms with van der Waals surface area (Å²) < 4.78 is 22.0. The summed E-state index contributed by atoms with van der Waals surface area (Å²) in [6.07, 6.45) is 4.35. The molecule has 0 aliphatic heterocycles. The topological polar surface area (TPSA) is 46.2 Å². The molecule has 0 spiro atoms. The fraction of sp³-hybridized carbons (Fsp3) is 0.600. The Morgan fingerprint density at radius 1 is 1.21 bits per heavy atom. The Morgan fingerprint density at radius 3 is 2.42 bits per heavy atom. The largest absolute Gasteiger partial charge is 0.314 e. The average molecular weight is 281 g/mol. The van der Waals surface area contributed by atoms with Crippen LogP contribution in [0.4, 0.5) is 0 Å². The zero-order valence-corrected chi connectivity index (χ0v) is 12.5. The van der Waals surface area contributed by atoms with Crippen molar-refractivity contribution in [1.29, 1.82) is 0 Å². The molecule has 4 heteroatoms. The maximum Gasteiger partial charge on any atom is 0.147 e.